The second kappa shape index (κ2) is 6.67. The fourth-order valence-corrected chi connectivity index (χ4v) is 1.09. The third-order valence-electron chi connectivity index (χ3n) is 1.90. The highest BCUT2D eigenvalue weighted by atomic mass is 35.5. The molecule has 3 nitrogen and oxygen atoms in total. The van der Waals surface area contributed by atoms with Crippen LogP contribution in [-0.2, 0) is 11.3 Å². The molecule has 0 bridgehead atoms. The minimum atomic E-state index is -0.848. The van der Waals surface area contributed by atoms with Gasteiger partial charge in [0.25, 0.3) is 0 Å². The Morgan fingerprint density at radius 3 is 2.47 bits per heavy atom. The van der Waals surface area contributed by atoms with Crippen LogP contribution < -0.4 is 5.32 Å². The number of nitrogens with one attached hydrogen (secondary N) is 1. The summed E-state index contributed by atoms with van der Waals surface area (Å²) in [5.74, 6) is -0.848. The average Bonchev–Trinajstić information content (AvgIpc) is 2.16. The van der Waals surface area contributed by atoms with Crippen LogP contribution in [0.25, 0.3) is 0 Å². The van der Waals surface area contributed by atoms with Crippen LogP contribution in [0.15, 0.2) is 24.3 Å². The summed E-state index contributed by atoms with van der Waals surface area (Å²) < 4.78 is 0. The molecular formula is C10H13Cl2NO2. The quantitative estimate of drug-likeness (QED) is 0.862. The summed E-state index contributed by atoms with van der Waals surface area (Å²) in [5.41, 5.74) is 1.02. The third kappa shape index (κ3) is 5.02. The van der Waals surface area contributed by atoms with E-state index in [2.05, 4.69) is 5.32 Å². The van der Waals surface area contributed by atoms with Crippen LogP contribution in [0.2, 0.25) is 5.02 Å². The highest BCUT2D eigenvalue weighted by Crippen LogP contribution is 2.09. The molecule has 0 saturated heterocycles. The van der Waals surface area contributed by atoms with E-state index in [9.17, 15) is 4.79 Å². The molecular weight excluding hydrogens is 237 g/mol. The first-order valence-electron chi connectivity index (χ1n) is 4.30. The fourth-order valence-electron chi connectivity index (χ4n) is 0.961. The lowest BCUT2D eigenvalue weighted by Crippen LogP contribution is -2.33. The maximum Gasteiger partial charge on any atom is 0.320 e. The van der Waals surface area contributed by atoms with Crippen LogP contribution in [0, 0.1) is 0 Å². The molecule has 0 aromatic heterocycles. The van der Waals surface area contributed by atoms with Gasteiger partial charge in [-0.05, 0) is 24.6 Å². The molecule has 5 heteroatoms. The maximum atomic E-state index is 10.5. The Hall–Kier alpha value is -0.770. The van der Waals surface area contributed by atoms with Crippen LogP contribution in [0.5, 0.6) is 0 Å². The van der Waals surface area contributed by atoms with E-state index in [1.807, 2.05) is 12.1 Å². The van der Waals surface area contributed by atoms with E-state index >= 15 is 0 Å². The zero-order valence-electron chi connectivity index (χ0n) is 8.24. The van der Waals surface area contributed by atoms with Crippen molar-refractivity contribution in [2.24, 2.45) is 0 Å². The van der Waals surface area contributed by atoms with Crippen molar-refractivity contribution in [3.8, 4) is 0 Å². The first-order valence-corrected chi connectivity index (χ1v) is 4.68. The van der Waals surface area contributed by atoms with E-state index < -0.39 is 12.0 Å². The number of hydrogen-bond donors (Lipinski definition) is 2. The summed E-state index contributed by atoms with van der Waals surface area (Å²) in [6.07, 6.45) is 0. The maximum absolute atomic E-state index is 10.5. The molecule has 1 rings (SSSR count). The predicted octanol–water partition coefficient (Wildman–Crippen LogP) is 2.32. The van der Waals surface area contributed by atoms with Crippen molar-refractivity contribution in [2.75, 3.05) is 0 Å². The predicted molar refractivity (Wildman–Crippen MR) is 62.6 cm³/mol. The lowest BCUT2D eigenvalue weighted by Gasteiger charge is -2.08. The molecule has 0 fully saturated rings. The normalized spacial score (nSPS) is 11.6. The Balaban J connectivity index is 0.00000196. The molecule has 0 aliphatic heterocycles. The largest absolute Gasteiger partial charge is 0.480 e. The summed E-state index contributed by atoms with van der Waals surface area (Å²) in [7, 11) is 0. The zero-order chi connectivity index (χ0) is 10.6. The van der Waals surface area contributed by atoms with Crippen molar-refractivity contribution in [3.05, 3.63) is 34.9 Å². The van der Waals surface area contributed by atoms with Gasteiger partial charge in [0.15, 0.2) is 0 Å². The summed E-state index contributed by atoms with van der Waals surface area (Å²) in [5, 5.41) is 12.2. The van der Waals surface area contributed by atoms with Gasteiger partial charge in [-0.1, -0.05) is 23.7 Å². The molecule has 1 atom stereocenters. The molecule has 0 spiro atoms. The lowest BCUT2D eigenvalue weighted by atomic mass is 10.2. The molecule has 0 amide bonds. The van der Waals surface area contributed by atoms with Crippen LogP contribution in [0.1, 0.15) is 12.5 Å². The van der Waals surface area contributed by atoms with Crippen molar-refractivity contribution in [2.45, 2.75) is 19.5 Å². The van der Waals surface area contributed by atoms with E-state index in [1.54, 1.807) is 19.1 Å². The van der Waals surface area contributed by atoms with Gasteiger partial charge >= 0.3 is 5.97 Å². The molecule has 0 heterocycles. The number of rotatable bonds is 4. The number of carboxylic acid groups (broad SMARTS) is 1. The van der Waals surface area contributed by atoms with Crippen LogP contribution in [-0.4, -0.2) is 17.1 Å². The highest BCUT2D eigenvalue weighted by Gasteiger charge is 2.08. The molecule has 15 heavy (non-hydrogen) atoms. The van der Waals surface area contributed by atoms with Crippen LogP contribution in [0.3, 0.4) is 0 Å². The number of halogens is 2. The molecule has 1 aromatic carbocycles. The summed E-state index contributed by atoms with van der Waals surface area (Å²) in [6, 6.07) is 6.76. The number of aliphatic carboxylic acids is 1. The van der Waals surface area contributed by atoms with Crippen molar-refractivity contribution in [1.29, 1.82) is 0 Å². The molecule has 0 radical (unpaired) electrons. The van der Waals surface area contributed by atoms with E-state index in [0.29, 0.717) is 11.6 Å². The Bertz CT molecular complexity index is 314. The van der Waals surface area contributed by atoms with E-state index in [-0.39, 0.29) is 12.4 Å². The summed E-state index contributed by atoms with van der Waals surface area (Å²) in [6.45, 7) is 2.14. The minimum absolute atomic E-state index is 0. The van der Waals surface area contributed by atoms with Gasteiger partial charge in [-0.15, -0.1) is 12.4 Å². The molecule has 0 saturated carbocycles. The van der Waals surface area contributed by atoms with Crippen molar-refractivity contribution >= 4 is 30.0 Å². The molecule has 0 aliphatic rings. The highest BCUT2D eigenvalue weighted by molar-refractivity contribution is 6.30. The van der Waals surface area contributed by atoms with E-state index in [4.69, 9.17) is 16.7 Å². The van der Waals surface area contributed by atoms with Crippen LogP contribution >= 0.6 is 24.0 Å². The third-order valence-corrected chi connectivity index (χ3v) is 2.15. The molecule has 0 aliphatic carbocycles. The Labute approximate surface area is 99.9 Å². The number of benzene rings is 1. The van der Waals surface area contributed by atoms with Gasteiger partial charge in [-0.3, -0.25) is 4.79 Å². The monoisotopic (exact) mass is 249 g/mol. The Kier molecular flexibility index (Phi) is 6.32. The van der Waals surface area contributed by atoms with Crippen molar-refractivity contribution in [3.63, 3.8) is 0 Å². The summed E-state index contributed by atoms with van der Waals surface area (Å²) >= 11 is 5.71. The average molecular weight is 250 g/mol. The van der Waals surface area contributed by atoms with Crippen LogP contribution in [0.4, 0.5) is 0 Å². The van der Waals surface area contributed by atoms with Gasteiger partial charge in [0.05, 0.1) is 0 Å². The SMILES string of the molecule is CC(NCc1ccc(Cl)cc1)C(=O)O.Cl. The van der Waals surface area contributed by atoms with Gasteiger partial charge < -0.3 is 10.4 Å². The van der Waals surface area contributed by atoms with Gasteiger partial charge in [0, 0.05) is 11.6 Å². The second-order valence-corrected chi connectivity index (χ2v) is 3.50. The first-order chi connectivity index (χ1) is 6.59. The Morgan fingerprint density at radius 2 is 2.00 bits per heavy atom. The first kappa shape index (κ1) is 14.2. The second-order valence-electron chi connectivity index (χ2n) is 3.07. The molecule has 1 unspecified atom stereocenters. The Morgan fingerprint density at radius 1 is 1.47 bits per heavy atom. The van der Waals surface area contributed by atoms with Gasteiger partial charge in [0.1, 0.15) is 6.04 Å². The van der Waals surface area contributed by atoms with Gasteiger partial charge in [-0.25, -0.2) is 0 Å². The lowest BCUT2D eigenvalue weighted by molar-refractivity contribution is -0.139. The number of carboxylic acids is 1. The standard InChI is InChI=1S/C10H12ClNO2.ClH/c1-7(10(13)14)12-6-8-2-4-9(11)5-3-8;/h2-5,7,12H,6H2,1H3,(H,13,14);1H. The van der Waals surface area contributed by atoms with Crippen molar-refractivity contribution < 1.29 is 9.90 Å². The van der Waals surface area contributed by atoms with E-state index in [1.165, 1.54) is 0 Å². The fraction of sp³-hybridized carbons (Fsp3) is 0.300. The minimum Gasteiger partial charge on any atom is -0.480 e. The van der Waals surface area contributed by atoms with E-state index in [0.717, 1.165) is 5.56 Å². The number of carbonyl (C=O) groups is 1. The van der Waals surface area contributed by atoms with Crippen molar-refractivity contribution in [1.82, 2.24) is 5.32 Å². The number of hydrogen-bond acceptors (Lipinski definition) is 2. The topological polar surface area (TPSA) is 49.3 Å². The molecule has 84 valence electrons. The molecule has 2 N–H and O–H groups in total. The van der Waals surface area contributed by atoms with Gasteiger partial charge in [-0.2, -0.15) is 0 Å². The van der Waals surface area contributed by atoms with Gasteiger partial charge in [0.2, 0.25) is 0 Å². The smallest absolute Gasteiger partial charge is 0.320 e. The summed E-state index contributed by atoms with van der Waals surface area (Å²) in [4.78, 5) is 10.5. The molecule has 1 aromatic rings. The zero-order valence-corrected chi connectivity index (χ0v) is 9.81.